The Morgan fingerprint density at radius 2 is 1.80 bits per heavy atom. The van der Waals surface area contributed by atoms with Gasteiger partial charge in [0.2, 0.25) is 5.91 Å². The van der Waals surface area contributed by atoms with E-state index >= 15 is 4.39 Å². The summed E-state index contributed by atoms with van der Waals surface area (Å²) in [5, 5.41) is 6.03. The summed E-state index contributed by atoms with van der Waals surface area (Å²) >= 11 is 0. The van der Waals surface area contributed by atoms with Crippen LogP contribution in [0.3, 0.4) is 0 Å². The van der Waals surface area contributed by atoms with Crippen molar-refractivity contribution in [1.82, 2.24) is 29.7 Å². The van der Waals surface area contributed by atoms with Gasteiger partial charge in [0.1, 0.15) is 23.1 Å². The van der Waals surface area contributed by atoms with Crippen molar-refractivity contribution < 1.29 is 27.9 Å². The molecule has 2 aromatic carbocycles. The van der Waals surface area contributed by atoms with Crippen LogP contribution in [-0.2, 0) is 14.9 Å². The lowest BCUT2D eigenvalue weighted by molar-refractivity contribution is -0.126. The van der Waals surface area contributed by atoms with Crippen molar-refractivity contribution in [3.63, 3.8) is 0 Å². The normalized spacial score (nSPS) is 21.9. The first kappa shape index (κ1) is 40.7. The van der Waals surface area contributed by atoms with Gasteiger partial charge >= 0.3 is 6.09 Å². The van der Waals surface area contributed by atoms with E-state index in [0.717, 1.165) is 42.6 Å². The number of hydrogen-bond donors (Lipinski definition) is 2. The van der Waals surface area contributed by atoms with Gasteiger partial charge in [0.15, 0.2) is 5.82 Å². The highest BCUT2D eigenvalue weighted by Gasteiger charge is 2.56. The van der Waals surface area contributed by atoms with Gasteiger partial charge in [0.05, 0.1) is 28.6 Å². The molecule has 2 saturated heterocycles. The van der Waals surface area contributed by atoms with Gasteiger partial charge in [-0.15, -0.1) is 0 Å². The Morgan fingerprint density at radius 1 is 1.05 bits per heavy atom. The van der Waals surface area contributed by atoms with Crippen LogP contribution in [0.15, 0.2) is 42.7 Å². The molecule has 1 spiro atoms. The number of pyridine rings is 1. The summed E-state index contributed by atoms with van der Waals surface area (Å²) in [6.45, 7) is 15.7. The zero-order chi connectivity index (χ0) is 42.0. The molecular formula is C45H56F2N8O4. The van der Waals surface area contributed by atoms with E-state index < -0.39 is 23.0 Å². The fourth-order valence-electron chi connectivity index (χ4n) is 9.43. The van der Waals surface area contributed by atoms with Gasteiger partial charge in [-0.05, 0) is 129 Å². The zero-order valence-corrected chi connectivity index (χ0v) is 35.2. The fourth-order valence-corrected chi connectivity index (χ4v) is 9.43. The minimum absolute atomic E-state index is 0.0199. The summed E-state index contributed by atoms with van der Waals surface area (Å²) in [5.74, 6) is -0.398. The lowest BCUT2D eigenvalue weighted by Gasteiger charge is -2.48. The second-order valence-corrected chi connectivity index (χ2v) is 18.1. The van der Waals surface area contributed by atoms with Crippen LogP contribution >= 0.6 is 0 Å². The molecule has 8 rings (SSSR count). The highest BCUT2D eigenvalue weighted by molar-refractivity contribution is 6.09. The number of fused-ring (bicyclic) bond motifs is 3. The highest BCUT2D eigenvalue weighted by atomic mass is 19.1. The average Bonchev–Trinajstić information content (AvgIpc) is 3.69. The maximum absolute atomic E-state index is 15.7. The molecule has 2 N–H and O–H groups in total. The second kappa shape index (κ2) is 15.5. The molecule has 3 amide bonds. The van der Waals surface area contributed by atoms with E-state index in [2.05, 4.69) is 15.5 Å². The predicted octanol–water partition coefficient (Wildman–Crippen LogP) is 8.20. The first-order valence-corrected chi connectivity index (χ1v) is 21.1. The van der Waals surface area contributed by atoms with Gasteiger partial charge in [0, 0.05) is 61.1 Å². The predicted molar refractivity (Wildman–Crippen MR) is 224 cm³/mol. The van der Waals surface area contributed by atoms with Crippen molar-refractivity contribution in [3.05, 3.63) is 65.2 Å². The Bertz CT molecular complexity index is 2290. The SMILES string of the molecule is CCNC(=O)c1cc(Nc2nc(-c3ccc4c(c3)N(C3CC(N5CCC[C@@H](F)C5)C3)C(=O)C43CCN(C(=O)OC(C)(C)C)CC3)cc3ncn(C(C)C)c23)c(F)cc1C. The summed E-state index contributed by atoms with van der Waals surface area (Å²) in [5.41, 5.74) is 3.98. The number of halogens is 2. The summed E-state index contributed by atoms with van der Waals surface area (Å²) < 4.78 is 37.8. The van der Waals surface area contributed by atoms with E-state index in [-0.39, 0.29) is 41.7 Å². The van der Waals surface area contributed by atoms with Gasteiger partial charge in [0.25, 0.3) is 5.91 Å². The second-order valence-electron chi connectivity index (χ2n) is 18.1. The van der Waals surface area contributed by atoms with Crippen LogP contribution in [0.1, 0.15) is 108 Å². The Morgan fingerprint density at radius 3 is 2.47 bits per heavy atom. The van der Waals surface area contributed by atoms with Crippen LogP contribution < -0.4 is 15.5 Å². The zero-order valence-electron chi connectivity index (χ0n) is 35.2. The number of imidazole rings is 1. The number of aromatic nitrogens is 3. The third-order valence-corrected chi connectivity index (χ3v) is 12.6. The Labute approximate surface area is 344 Å². The molecule has 3 aliphatic heterocycles. The lowest BCUT2D eigenvalue weighted by Crippen LogP contribution is -2.59. The number of aryl methyl sites for hydroxylation is 1. The monoisotopic (exact) mass is 810 g/mol. The summed E-state index contributed by atoms with van der Waals surface area (Å²) in [6.07, 6.45) is 4.42. The van der Waals surface area contributed by atoms with E-state index in [9.17, 15) is 18.8 Å². The highest BCUT2D eigenvalue weighted by Crippen LogP contribution is 2.52. The molecule has 12 nitrogen and oxygen atoms in total. The number of ether oxygens (including phenoxy) is 1. The minimum atomic E-state index is -0.820. The summed E-state index contributed by atoms with van der Waals surface area (Å²) in [6, 6.07) is 11.0. The number of piperidine rings is 2. The fraction of sp³-hybridized carbons (Fsp3) is 0.533. The molecule has 3 fully saturated rings. The number of rotatable bonds is 8. The molecule has 0 radical (unpaired) electrons. The lowest BCUT2D eigenvalue weighted by atomic mass is 9.73. The molecule has 0 bridgehead atoms. The van der Waals surface area contributed by atoms with Crippen molar-refractivity contribution >= 4 is 46.1 Å². The van der Waals surface area contributed by atoms with Crippen LogP contribution in [0.2, 0.25) is 0 Å². The van der Waals surface area contributed by atoms with Crippen LogP contribution in [0, 0.1) is 12.7 Å². The maximum atomic E-state index is 15.7. The van der Waals surface area contributed by atoms with E-state index in [4.69, 9.17) is 14.7 Å². The smallest absolute Gasteiger partial charge is 0.410 e. The molecule has 0 unspecified atom stereocenters. The number of nitrogens with zero attached hydrogens (tertiary/aromatic N) is 6. The van der Waals surface area contributed by atoms with Crippen LogP contribution in [-0.4, -0.2) is 98.8 Å². The van der Waals surface area contributed by atoms with E-state index in [1.165, 1.54) is 12.1 Å². The molecule has 59 heavy (non-hydrogen) atoms. The molecule has 2 aromatic heterocycles. The minimum Gasteiger partial charge on any atom is -0.444 e. The van der Waals surface area contributed by atoms with Gasteiger partial charge in [-0.2, -0.15) is 0 Å². The third kappa shape index (κ3) is 7.53. The first-order chi connectivity index (χ1) is 28.1. The number of nitrogens with one attached hydrogen (secondary N) is 2. The Balaban J connectivity index is 1.17. The van der Waals surface area contributed by atoms with Crippen LogP contribution in [0.5, 0.6) is 0 Å². The molecular weight excluding hydrogens is 755 g/mol. The van der Waals surface area contributed by atoms with E-state index in [1.54, 1.807) is 18.2 Å². The van der Waals surface area contributed by atoms with Gasteiger partial charge in [-0.25, -0.2) is 23.5 Å². The van der Waals surface area contributed by atoms with Crippen molar-refractivity contribution in [1.29, 1.82) is 0 Å². The molecule has 4 aromatic rings. The third-order valence-electron chi connectivity index (χ3n) is 12.6. The number of anilines is 3. The topological polar surface area (TPSA) is 125 Å². The van der Waals surface area contributed by atoms with E-state index in [0.29, 0.717) is 79.1 Å². The van der Waals surface area contributed by atoms with Gasteiger partial charge in [-0.1, -0.05) is 12.1 Å². The molecule has 1 saturated carbocycles. The number of carbonyl (C=O) groups excluding carboxylic acids is 3. The quantitative estimate of drug-likeness (QED) is 0.183. The van der Waals surface area contributed by atoms with Crippen molar-refractivity contribution in [2.24, 2.45) is 0 Å². The summed E-state index contributed by atoms with van der Waals surface area (Å²) in [7, 11) is 0. The number of amides is 3. The van der Waals surface area contributed by atoms with Gasteiger partial charge < -0.3 is 29.7 Å². The number of benzene rings is 2. The molecule has 14 heteroatoms. The van der Waals surface area contributed by atoms with E-state index in [1.807, 2.05) is 75.3 Å². The molecule has 5 heterocycles. The van der Waals surface area contributed by atoms with Crippen LogP contribution in [0.25, 0.3) is 22.3 Å². The number of alkyl halides is 1. The van der Waals surface area contributed by atoms with Crippen molar-refractivity contribution in [3.8, 4) is 11.3 Å². The standard InChI is InChI=1S/C45H56F2N8O4/c1-8-48-41(56)32-22-36(34(47)18-27(32)4)51-40-39-37(49-25-54(39)26(2)3)23-35(50-40)28-11-12-33-38(19-28)55(31-20-30(21-31)53-15-9-10-29(46)24-53)42(57)45(33)13-16-52(17-14-45)43(58)59-44(5,6)7/h11-12,18-19,22-23,25-26,29-31H,8-10,13-17,20-21,24H2,1-7H3,(H,48,56)(H,50,51)/t29-,30?,31?/m1/s1. The molecule has 4 aliphatic rings. The van der Waals surface area contributed by atoms with Crippen molar-refractivity contribution in [2.45, 2.75) is 122 Å². The van der Waals surface area contributed by atoms with Gasteiger partial charge in [-0.3, -0.25) is 14.5 Å². The number of carbonyl (C=O) groups is 3. The largest absolute Gasteiger partial charge is 0.444 e. The molecule has 1 aliphatic carbocycles. The average molecular weight is 811 g/mol. The Kier molecular flexibility index (Phi) is 10.7. The number of likely N-dealkylation sites (tertiary alicyclic amines) is 2. The summed E-state index contributed by atoms with van der Waals surface area (Å²) in [4.78, 5) is 56.7. The van der Waals surface area contributed by atoms with Crippen molar-refractivity contribution in [2.75, 3.05) is 42.9 Å². The number of hydrogen-bond acceptors (Lipinski definition) is 8. The first-order valence-electron chi connectivity index (χ1n) is 21.1. The Hall–Kier alpha value is -5.11. The molecule has 314 valence electrons. The van der Waals surface area contributed by atoms with Crippen LogP contribution in [0.4, 0.5) is 30.8 Å². The molecule has 1 atom stereocenters. The maximum Gasteiger partial charge on any atom is 0.410 e.